The number of H-pyrrole nitrogens is 1. The van der Waals surface area contributed by atoms with E-state index in [0.29, 0.717) is 6.04 Å². The highest BCUT2D eigenvalue weighted by atomic mass is 16.2. The Hall–Kier alpha value is -2.04. The van der Waals surface area contributed by atoms with Crippen molar-refractivity contribution in [3.05, 3.63) is 24.7 Å². The van der Waals surface area contributed by atoms with Crippen LogP contribution in [0.3, 0.4) is 0 Å². The maximum atomic E-state index is 12.2. The number of nitrogens with zero attached hydrogens (tertiary/aromatic N) is 1. The molecule has 2 atom stereocenters. The highest BCUT2D eigenvalue weighted by molar-refractivity contribution is 6.00. The van der Waals surface area contributed by atoms with Crippen LogP contribution in [0.2, 0.25) is 0 Å². The average molecular weight is 284 g/mol. The smallest absolute Gasteiger partial charge is 0.319 e. The van der Waals surface area contributed by atoms with Gasteiger partial charge in [-0.05, 0) is 37.2 Å². The van der Waals surface area contributed by atoms with Gasteiger partial charge in [0.05, 0.1) is 11.2 Å². The lowest BCUT2D eigenvalue weighted by molar-refractivity contribution is 0.235. The number of nitrogens with one attached hydrogen (secondary N) is 3. The molecule has 2 aromatic rings. The molecule has 2 fully saturated rings. The fourth-order valence-corrected chi connectivity index (χ4v) is 4.04. The van der Waals surface area contributed by atoms with Gasteiger partial charge < -0.3 is 15.6 Å². The van der Waals surface area contributed by atoms with Crippen LogP contribution < -0.4 is 10.6 Å². The minimum absolute atomic E-state index is 0.106. The summed E-state index contributed by atoms with van der Waals surface area (Å²) in [5.74, 6) is 1.65. The molecule has 21 heavy (non-hydrogen) atoms. The van der Waals surface area contributed by atoms with Crippen LogP contribution in [0.25, 0.3) is 10.9 Å². The van der Waals surface area contributed by atoms with Gasteiger partial charge in [-0.25, -0.2) is 4.79 Å². The second-order valence-corrected chi connectivity index (χ2v) is 6.44. The van der Waals surface area contributed by atoms with Gasteiger partial charge in [0.15, 0.2) is 0 Å². The van der Waals surface area contributed by atoms with Crippen molar-refractivity contribution in [3.63, 3.8) is 0 Å². The van der Waals surface area contributed by atoms with E-state index in [9.17, 15) is 4.79 Å². The van der Waals surface area contributed by atoms with Crippen molar-refractivity contribution in [1.82, 2.24) is 15.3 Å². The third-order valence-electron chi connectivity index (χ3n) is 4.95. The number of aromatic amines is 1. The monoisotopic (exact) mass is 284 g/mol. The number of amides is 2. The van der Waals surface area contributed by atoms with E-state index in [4.69, 9.17) is 0 Å². The number of rotatable bonds is 2. The number of urea groups is 1. The summed E-state index contributed by atoms with van der Waals surface area (Å²) in [4.78, 5) is 19.4. The van der Waals surface area contributed by atoms with Crippen LogP contribution in [0.15, 0.2) is 24.7 Å². The molecule has 5 nitrogen and oxygen atoms in total. The number of pyridine rings is 1. The van der Waals surface area contributed by atoms with Gasteiger partial charge in [-0.1, -0.05) is 12.8 Å². The summed E-state index contributed by atoms with van der Waals surface area (Å²) < 4.78 is 0. The van der Waals surface area contributed by atoms with E-state index in [2.05, 4.69) is 20.6 Å². The lowest BCUT2D eigenvalue weighted by Gasteiger charge is -2.28. The quantitative estimate of drug-likeness (QED) is 0.792. The van der Waals surface area contributed by atoms with Crippen molar-refractivity contribution in [2.45, 2.75) is 38.1 Å². The number of carbonyl (C=O) groups is 1. The van der Waals surface area contributed by atoms with Crippen LogP contribution in [0.4, 0.5) is 10.5 Å². The first-order chi connectivity index (χ1) is 10.3. The zero-order chi connectivity index (χ0) is 14.2. The highest BCUT2D eigenvalue weighted by Crippen LogP contribution is 2.41. The van der Waals surface area contributed by atoms with Gasteiger partial charge in [-0.3, -0.25) is 4.98 Å². The Morgan fingerprint density at radius 1 is 1.24 bits per heavy atom. The zero-order valence-electron chi connectivity index (χ0n) is 11.9. The molecule has 2 aliphatic rings. The van der Waals surface area contributed by atoms with Crippen LogP contribution >= 0.6 is 0 Å². The molecule has 0 aromatic carbocycles. The van der Waals surface area contributed by atoms with E-state index in [1.807, 2.05) is 12.3 Å². The van der Waals surface area contributed by atoms with E-state index in [1.165, 1.54) is 19.3 Å². The second kappa shape index (κ2) is 5.06. The summed E-state index contributed by atoms with van der Waals surface area (Å²) in [7, 11) is 0. The number of aromatic nitrogens is 2. The molecule has 3 N–H and O–H groups in total. The van der Waals surface area contributed by atoms with Gasteiger partial charge in [0.1, 0.15) is 0 Å². The summed E-state index contributed by atoms with van der Waals surface area (Å²) in [5, 5.41) is 7.02. The van der Waals surface area contributed by atoms with Crippen molar-refractivity contribution in [3.8, 4) is 0 Å². The van der Waals surface area contributed by atoms with Gasteiger partial charge in [0, 0.05) is 30.0 Å². The number of anilines is 1. The van der Waals surface area contributed by atoms with Gasteiger partial charge in [0.2, 0.25) is 0 Å². The summed E-state index contributed by atoms with van der Waals surface area (Å²) in [6.07, 6.45) is 11.7. The molecule has 2 saturated carbocycles. The summed E-state index contributed by atoms with van der Waals surface area (Å²) in [6.45, 7) is 0. The molecule has 2 bridgehead atoms. The van der Waals surface area contributed by atoms with Gasteiger partial charge in [-0.15, -0.1) is 0 Å². The molecule has 2 aromatic heterocycles. The van der Waals surface area contributed by atoms with Gasteiger partial charge in [0.25, 0.3) is 0 Å². The molecule has 2 amide bonds. The minimum atomic E-state index is -0.106. The van der Waals surface area contributed by atoms with Gasteiger partial charge >= 0.3 is 6.03 Å². The van der Waals surface area contributed by atoms with E-state index < -0.39 is 0 Å². The Balaban J connectivity index is 1.42. The Morgan fingerprint density at radius 2 is 2.05 bits per heavy atom. The molecule has 2 aliphatic carbocycles. The lowest BCUT2D eigenvalue weighted by Crippen LogP contribution is -2.41. The van der Waals surface area contributed by atoms with Crippen LogP contribution in [0.1, 0.15) is 32.1 Å². The van der Waals surface area contributed by atoms with Crippen molar-refractivity contribution in [2.75, 3.05) is 5.32 Å². The van der Waals surface area contributed by atoms with Crippen LogP contribution in [-0.2, 0) is 0 Å². The third kappa shape index (κ3) is 2.48. The molecule has 0 aliphatic heterocycles. The largest absolute Gasteiger partial charge is 0.359 e. The first-order valence-corrected chi connectivity index (χ1v) is 7.76. The summed E-state index contributed by atoms with van der Waals surface area (Å²) >= 11 is 0. The number of hydrogen-bond acceptors (Lipinski definition) is 2. The molecule has 4 rings (SSSR count). The standard InChI is InChI=1S/C16H20N4O/c21-16(19-12-6-10-1-2-11(5-10)7-12)20-15-9-18-14-3-4-17-8-13(14)15/h3-4,8-12,18H,1-2,5-7H2,(H2,19,20,21). The SMILES string of the molecule is O=C(Nc1c[nH]c2ccncc12)NC1CC2CCC(C2)C1. The number of fused-ring (bicyclic) bond motifs is 3. The number of hydrogen-bond donors (Lipinski definition) is 3. The van der Waals surface area contributed by atoms with Crippen LogP contribution in [0, 0.1) is 11.8 Å². The summed E-state index contributed by atoms with van der Waals surface area (Å²) in [5.41, 5.74) is 1.77. The predicted molar refractivity (Wildman–Crippen MR) is 82.1 cm³/mol. The Kier molecular flexibility index (Phi) is 3.05. The zero-order valence-corrected chi connectivity index (χ0v) is 11.9. The fourth-order valence-electron chi connectivity index (χ4n) is 4.04. The normalized spacial score (nSPS) is 27.7. The first-order valence-electron chi connectivity index (χ1n) is 7.76. The first kappa shape index (κ1) is 12.7. The van der Waals surface area contributed by atoms with Crippen molar-refractivity contribution in [1.29, 1.82) is 0 Å². The molecule has 2 unspecified atom stereocenters. The Labute approximate surface area is 123 Å². The molecular formula is C16H20N4O. The minimum Gasteiger partial charge on any atom is -0.359 e. The van der Waals surface area contributed by atoms with Crippen molar-refractivity contribution >= 4 is 22.6 Å². The molecular weight excluding hydrogens is 264 g/mol. The van der Waals surface area contributed by atoms with E-state index in [-0.39, 0.29) is 6.03 Å². The van der Waals surface area contributed by atoms with Crippen molar-refractivity contribution < 1.29 is 4.79 Å². The highest BCUT2D eigenvalue weighted by Gasteiger charge is 2.34. The van der Waals surface area contributed by atoms with Crippen molar-refractivity contribution in [2.24, 2.45) is 11.8 Å². The second-order valence-electron chi connectivity index (χ2n) is 6.44. The maximum Gasteiger partial charge on any atom is 0.319 e. The van der Waals surface area contributed by atoms with E-state index in [0.717, 1.165) is 41.3 Å². The lowest BCUT2D eigenvalue weighted by atomic mass is 9.85. The molecule has 110 valence electrons. The topological polar surface area (TPSA) is 69.8 Å². The molecule has 0 radical (unpaired) electrons. The molecule has 0 spiro atoms. The van der Waals surface area contributed by atoms with E-state index in [1.54, 1.807) is 12.4 Å². The summed E-state index contributed by atoms with van der Waals surface area (Å²) in [6, 6.07) is 2.13. The van der Waals surface area contributed by atoms with Gasteiger partial charge in [-0.2, -0.15) is 0 Å². The Bertz CT molecular complexity index is 653. The third-order valence-corrected chi connectivity index (χ3v) is 4.95. The van der Waals surface area contributed by atoms with Crippen LogP contribution in [-0.4, -0.2) is 22.0 Å². The maximum absolute atomic E-state index is 12.2. The number of carbonyl (C=O) groups excluding carboxylic acids is 1. The molecule has 2 heterocycles. The fraction of sp³-hybridized carbons (Fsp3) is 0.500. The van der Waals surface area contributed by atoms with Crippen LogP contribution in [0.5, 0.6) is 0 Å². The molecule has 5 heteroatoms. The van der Waals surface area contributed by atoms with E-state index >= 15 is 0 Å². The predicted octanol–water partition coefficient (Wildman–Crippen LogP) is 3.26. The average Bonchev–Trinajstić information content (AvgIpc) is 3.03. The molecule has 0 saturated heterocycles. The Morgan fingerprint density at radius 3 is 2.86 bits per heavy atom.